The van der Waals surface area contributed by atoms with E-state index in [2.05, 4.69) is 27.0 Å². The van der Waals surface area contributed by atoms with Crippen LogP contribution in [-0.2, 0) is 0 Å². The van der Waals surface area contributed by atoms with Gasteiger partial charge in [0.15, 0.2) is 0 Å². The van der Waals surface area contributed by atoms with Gasteiger partial charge in [-0.25, -0.2) is 0 Å². The number of rotatable bonds is 2. The zero-order valence-electron chi connectivity index (χ0n) is 5.65. The molecule has 0 aromatic rings. The highest BCUT2D eigenvalue weighted by atomic mass is 16.2. The van der Waals surface area contributed by atoms with Crippen molar-refractivity contribution in [1.82, 2.24) is 5.32 Å². The van der Waals surface area contributed by atoms with Crippen LogP contribution in [0.5, 0.6) is 0 Å². The van der Waals surface area contributed by atoms with E-state index in [1.54, 1.807) is 0 Å². The Labute approximate surface area is 60.1 Å². The summed E-state index contributed by atoms with van der Waals surface area (Å²) in [5.41, 5.74) is 0. The molecule has 0 aliphatic heterocycles. The molecule has 0 saturated heterocycles. The van der Waals surface area contributed by atoms with Crippen LogP contribution in [0, 0.1) is 0 Å². The molecule has 0 aromatic heterocycles. The van der Waals surface area contributed by atoms with Crippen LogP contribution in [0.3, 0.4) is 0 Å². The van der Waals surface area contributed by atoms with Gasteiger partial charge in [-0.1, -0.05) is 21.3 Å². The molecule has 2 radical (unpaired) electrons. The van der Waals surface area contributed by atoms with Gasteiger partial charge in [0, 0.05) is 6.51 Å². The van der Waals surface area contributed by atoms with Gasteiger partial charge in [0.1, 0.15) is 7.85 Å². The molecule has 2 nitrogen and oxygen atoms in total. The Morgan fingerprint density at radius 1 is 1.33 bits per heavy atom. The van der Waals surface area contributed by atoms with Crippen LogP contribution in [0.1, 0.15) is 21.3 Å². The van der Waals surface area contributed by atoms with Crippen LogP contribution in [0.2, 0.25) is 0 Å². The van der Waals surface area contributed by atoms with Crippen molar-refractivity contribution >= 4 is 7.85 Å². The molecule has 56 valence electrons. The SMILES string of the molecule is C.CCNCC.[B]CO. The Hall–Kier alpha value is -0.0151. The lowest BCUT2D eigenvalue weighted by molar-refractivity contribution is 0.369. The maximum absolute atomic E-state index is 7.35. The van der Waals surface area contributed by atoms with E-state index in [0.717, 1.165) is 13.1 Å². The maximum atomic E-state index is 7.35. The highest BCUT2D eigenvalue weighted by Gasteiger charge is 1.62. The molecular formula is C6H18BNO. The number of hydrogen-bond acceptors (Lipinski definition) is 2. The topological polar surface area (TPSA) is 32.3 Å². The standard InChI is InChI=1S/C4H11N.CH3BO.CH4/c1-3-5-4-2;2-1-3;/h5H,3-4H2,1-2H3;3H,1H2;1H4. The summed E-state index contributed by atoms with van der Waals surface area (Å²) in [5, 5.41) is 10.5. The van der Waals surface area contributed by atoms with Crippen molar-refractivity contribution < 1.29 is 5.11 Å². The molecule has 0 rings (SSSR count). The monoisotopic (exact) mass is 131 g/mol. The molecule has 0 aliphatic rings. The molecule has 0 unspecified atom stereocenters. The Morgan fingerprint density at radius 3 is 1.56 bits per heavy atom. The van der Waals surface area contributed by atoms with Crippen LogP contribution in [0.15, 0.2) is 0 Å². The predicted octanol–water partition coefficient (Wildman–Crippen LogP) is 0.357. The summed E-state index contributed by atoms with van der Waals surface area (Å²) in [4.78, 5) is 0. The first-order valence-corrected chi connectivity index (χ1v) is 2.85. The van der Waals surface area contributed by atoms with Crippen molar-refractivity contribution in [2.24, 2.45) is 0 Å². The molecule has 3 heteroatoms. The fraction of sp³-hybridized carbons (Fsp3) is 1.00. The van der Waals surface area contributed by atoms with Gasteiger partial charge in [0.05, 0.1) is 0 Å². The summed E-state index contributed by atoms with van der Waals surface area (Å²) in [6, 6.07) is 0. The minimum atomic E-state index is -0.250. The lowest BCUT2D eigenvalue weighted by Gasteiger charge is -1.86. The first kappa shape index (κ1) is 16.0. The van der Waals surface area contributed by atoms with E-state index >= 15 is 0 Å². The second kappa shape index (κ2) is 24.5. The van der Waals surface area contributed by atoms with E-state index in [4.69, 9.17) is 5.11 Å². The van der Waals surface area contributed by atoms with E-state index in [-0.39, 0.29) is 13.9 Å². The van der Waals surface area contributed by atoms with Gasteiger partial charge in [-0.15, -0.1) is 0 Å². The third kappa shape index (κ3) is 72.6. The third-order valence-electron chi connectivity index (χ3n) is 0.500. The molecule has 0 aromatic carbocycles. The Morgan fingerprint density at radius 2 is 1.56 bits per heavy atom. The fourth-order valence-electron chi connectivity index (χ4n) is 0.250. The first-order valence-electron chi connectivity index (χ1n) is 2.85. The number of aliphatic hydroxyl groups excluding tert-OH is 1. The van der Waals surface area contributed by atoms with Crippen LogP contribution in [0.25, 0.3) is 0 Å². The highest BCUT2D eigenvalue weighted by molar-refractivity contribution is 6.07. The minimum Gasteiger partial charge on any atom is -0.406 e. The smallest absolute Gasteiger partial charge is 0.103 e. The summed E-state index contributed by atoms with van der Waals surface area (Å²) < 4.78 is 0. The van der Waals surface area contributed by atoms with Crippen molar-refractivity contribution in [1.29, 1.82) is 0 Å². The molecule has 0 spiro atoms. The molecular weight excluding hydrogens is 113 g/mol. The summed E-state index contributed by atoms with van der Waals surface area (Å²) in [6.45, 7) is 6.14. The van der Waals surface area contributed by atoms with Gasteiger partial charge >= 0.3 is 0 Å². The van der Waals surface area contributed by atoms with E-state index in [0.29, 0.717) is 0 Å². The number of hydrogen-bond donors (Lipinski definition) is 2. The average molecular weight is 131 g/mol. The summed E-state index contributed by atoms with van der Waals surface area (Å²) in [6.07, 6.45) is 0. The normalized spacial score (nSPS) is 6.56. The van der Waals surface area contributed by atoms with Crippen molar-refractivity contribution in [3.05, 3.63) is 0 Å². The summed E-state index contributed by atoms with van der Waals surface area (Å²) >= 11 is 0. The molecule has 0 aliphatic carbocycles. The van der Waals surface area contributed by atoms with Gasteiger partial charge in [-0.2, -0.15) is 0 Å². The van der Waals surface area contributed by atoms with Crippen LogP contribution < -0.4 is 5.32 Å². The van der Waals surface area contributed by atoms with Crippen molar-refractivity contribution in [3.8, 4) is 0 Å². The zero-order valence-corrected chi connectivity index (χ0v) is 5.65. The van der Waals surface area contributed by atoms with E-state index in [1.165, 1.54) is 0 Å². The lowest BCUT2D eigenvalue weighted by atomic mass is 10.2. The van der Waals surface area contributed by atoms with Crippen LogP contribution in [0.4, 0.5) is 0 Å². The first-order chi connectivity index (χ1) is 3.83. The lowest BCUT2D eigenvalue weighted by Crippen LogP contribution is -2.09. The van der Waals surface area contributed by atoms with Gasteiger partial charge in [0.2, 0.25) is 0 Å². The molecule has 2 N–H and O–H groups in total. The predicted molar refractivity (Wildman–Crippen MR) is 43.8 cm³/mol. The largest absolute Gasteiger partial charge is 0.406 e. The molecule has 0 saturated carbocycles. The van der Waals surface area contributed by atoms with Gasteiger partial charge in [-0.3, -0.25) is 0 Å². The second-order valence-corrected chi connectivity index (χ2v) is 1.14. The van der Waals surface area contributed by atoms with E-state index in [9.17, 15) is 0 Å². The van der Waals surface area contributed by atoms with E-state index < -0.39 is 0 Å². The molecule has 0 amide bonds. The van der Waals surface area contributed by atoms with Crippen LogP contribution >= 0.6 is 0 Å². The van der Waals surface area contributed by atoms with Gasteiger partial charge < -0.3 is 10.4 Å². The zero-order chi connectivity index (χ0) is 6.83. The van der Waals surface area contributed by atoms with Crippen LogP contribution in [-0.4, -0.2) is 32.5 Å². The minimum absolute atomic E-state index is 0. The highest BCUT2D eigenvalue weighted by Crippen LogP contribution is 1.47. The number of nitrogens with one attached hydrogen (secondary N) is 1. The van der Waals surface area contributed by atoms with Crippen molar-refractivity contribution in [2.75, 3.05) is 19.6 Å². The Kier molecular flexibility index (Phi) is 43.6. The molecule has 0 fully saturated rings. The van der Waals surface area contributed by atoms with Crippen molar-refractivity contribution in [2.45, 2.75) is 21.3 Å². The van der Waals surface area contributed by atoms with Gasteiger partial charge in [-0.05, 0) is 13.1 Å². The van der Waals surface area contributed by atoms with Crippen molar-refractivity contribution in [3.63, 3.8) is 0 Å². The molecule has 9 heavy (non-hydrogen) atoms. The third-order valence-corrected chi connectivity index (χ3v) is 0.500. The second-order valence-electron chi connectivity index (χ2n) is 1.14. The fourth-order valence-corrected chi connectivity index (χ4v) is 0.250. The molecule has 0 bridgehead atoms. The molecule has 0 atom stereocenters. The Bertz CT molecular complexity index is 27.0. The van der Waals surface area contributed by atoms with E-state index in [1.807, 2.05) is 0 Å². The Balaban J connectivity index is -0.0000000800. The summed E-state index contributed by atoms with van der Waals surface area (Å²) in [7, 11) is 4.40. The maximum Gasteiger partial charge on any atom is 0.103 e. The van der Waals surface area contributed by atoms with Gasteiger partial charge in [0.25, 0.3) is 0 Å². The quantitative estimate of drug-likeness (QED) is 0.530. The molecule has 0 heterocycles. The average Bonchev–Trinajstić information content (AvgIpc) is 1.71. The number of aliphatic hydroxyl groups is 1. The summed E-state index contributed by atoms with van der Waals surface area (Å²) in [5.74, 6) is 0.